The molecule has 1 saturated carbocycles. The second kappa shape index (κ2) is 7.57. The molecule has 0 saturated heterocycles. The van der Waals surface area contributed by atoms with Crippen LogP contribution in [0.25, 0.3) is 0 Å². The topological polar surface area (TPSA) is 61.5 Å². The first-order valence-corrected chi connectivity index (χ1v) is 7.70. The van der Waals surface area contributed by atoms with Crippen molar-refractivity contribution in [2.45, 2.75) is 50.7 Å². The van der Waals surface area contributed by atoms with Gasteiger partial charge in [0.25, 0.3) is 0 Å². The molecule has 1 aliphatic rings. The van der Waals surface area contributed by atoms with E-state index in [1.54, 1.807) is 14.0 Å². The second-order valence-electron chi connectivity index (χ2n) is 5.61. The summed E-state index contributed by atoms with van der Waals surface area (Å²) in [6.07, 6.45) is 4.96. The van der Waals surface area contributed by atoms with Crippen molar-refractivity contribution < 1.29 is 14.3 Å². The van der Waals surface area contributed by atoms with Crippen LogP contribution in [0.2, 0.25) is 0 Å². The summed E-state index contributed by atoms with van der Waals surface area (Å²) in [4.78, 5) is 11.6. The van der Waals surface area contributed by atoms with Crippen LogP contribution in [-0.2, 0) is 14.3 Å². The van der Waals surface area contributed by atoms with Crippen LogP contribution in [0.15, 0.2) is 24.3 Å². The number of carbonyl (C=O) groups excluding carboxylic acids is 1. The Labute approximate surface area is 126 Å². The van der Waals surface area contributed by atoms with Crippen molar-refractivity contribution in [1.29, 1.82) is 0 Å². The average Bonchev–Trinajstić information content (AvgIpc) is 2.54. The van der Waals surface area contributed by atoms with Gasteiger partial charge in [-0.05, 0) is 49.7 Å². The molecule has 0 radical (unpaired) electrons. The molecule has 0 spiro atoms. The predicted molar refractivity (Wildman–Crippen MR) is 82.0 cm³/mol. The molecule has 0 aliphatic heterocycles. The third kappa shape index (κ3) is 4.05. The predicted octanol–water partition coefficient (Wildman–Crippen LogP) is 2.92. The lowest BCUT2D eigenvalue weighted by atomic mass is 9.82. The highest BCUT2D eigenvalue weighted by atomic mass is 16.5. The van der Waals surface area contributed by atoms with Gasteiger partial charge in [0.15, 0.2) is 0 Å². The van der Waals surface area contributed by atoms with Crippen LogP contribution in [0.5, 0.6) is 0 Å². The van der Waals surface area contributed by atoms with Gasteiger partial charge in [-0.2, -0.15) is 0 Å². The zero-order valence-corrected chi connectivity index (χ0v) is 12.9. The van der Waals surface area contributed by atoms with Crippen LogP contribution in [0.3, 0.4) is 0 Å². The Bertz CT molecular complexity index is 450. The molecule has 1 aliphatic carbocycles. The molecule has 0 aromatic heterocycles. The summed E-state index contributed by atoms with van der Waals surface area (Å²) >= 11 is 0. The monoisotopic (exact) mass is 291 g/mol. The lowest BCUT2D eigenvalue weighted by Crippen LogP contribution is -2.23. The van der Waals surface area contributed by atoms with Crippen LogP contribution in [-0.4, -0.2) is 25.8 Å². The fourth-order valence-corrected chi connectivity index (χ4v) is 2.98. The molecular formula is C17H25NO3. The minimum absolute atomic E-state index is 0.355. The molecule has 0 bridgehead atoms. The maximum atomic E-state index is 11.6. The summed E-state index contributed by atoms with van der Waals surface area (Å²) in [6, 6.07) is 7.38. The van der Waals surface area contributed by atoms with E-state index in [2.05, 4.69) is 12.1 Å². The van der Waals surface area contributed by atoms with Crippen molar-refractivity contribution in [1.82, 2.24) is 0 Å². The largest absolute Gasteiger partial charge is 0.465 e. The van der Waals surface area contributed by atoms with E-state index in [0.29, 0.717) is 18.6 Å². The van der Waals surface area contributed by atoms with Crippen LogP contribution in [0.4, 0.5) is 0 Å². The quantitative estimate of drug-likeness (QED) is 0.847. The molecule has 21 heavy (non-hydrogen) atoms. The van der Waals surface area contributed by atoms with Crippen LogP contribution in [0, 0.1) is 0 Å². The smallest absolute Gasteiger partial charge is 0.327 e. The lowest BCUT2D eigenvalue weighted by molar-refractivity contribution is -0.144. The van der Waals surface area contributed by atoms with Crippen molar-refractivity contribution in [2.24, 2.45) is 5.73 Å². The third-order valence-corrected chi connectivity index (χ3v) is 4.32. The Morgan fingerprint density at radius 3 is 2.38 bits per heavy atom. The van der Waals surface area contributed by atoms with Gasteiger partial charge in [0, 0.05) is 7.11 Å². The van der Waals surface area contributed by atoms with Crippen LogP contribution < -0.4 is 5.73 Å². The highest BCUT2D eigenvalue weighted by Gasteiger charge is 2.23. The minimum atomic E-state index is -0.691. The summed E-state index contributed by atoms with van der Waals surface area (Å²) in [5.41, 5.74) is 8.03. The maximum absolute atomic E-state index is 11.6. The van der Waals surface area contributed by atoms with Gasteiger partial charge in [-0.3, -0.25) is 0 Å². The Morgan fingerprint density at radius 2 is 1.86 bits per heavy atom. The number of ether oxygens (including phenoxy) is 2. The van der Waals surface area contributed by atoms with Gasteiger partial charge in [-0.25, -0.2) is 4.79 Å². The van der Waals surface area contributed by atoms with E-state index in [-0.39, 0.29) is 5.97 Å². The second-order valence-corrected chi connectivity index (χ2v) is 5.61. The van der Waals surface area contributed by atoms with Crippen LogP contribution >= 0.6 is 0 Å². The van der Waals surface area contributed by atoms with Gasteiger partial charge in [-0.1, -0.05) is 24.3 Å². The minimum Gasteiger partial charge on any atom is -0.465 e. The molecule has 2 rings (SSSR count). The molecule has 1 unspecified atom stereocenters. The molecule has 4 nitrogen and oxygen atoms in total. The molecule has 0 heterocycles. The zero-order valence-electron chi connectivity index (χ0n) is 12.9. The third-order valence-electron chi connectivity index (χ3n) is 4.32. The fourth-order valence-electron chi connectivity index (χ4n) is 2.98. The van der Waals surface area contributed by atoms with Gasteiger partial charge in [0.05, 0.1) is 12.7 Å². The van der Waals surface area contributed by atoms with E-state index in [0.717, 1.165) is 31.2 Å². The van der Waals surface area contributed by atoms with E-state index in [4.69, 9.17) is 15.2 Å². The summed E-state index contributed by atoms with van der Waals surface area (Å²) in [5.74, 6) is 0.218. The first kappa shape index (κ1) is 16.0. The molecule has 1 atom stereocenters. The Morgan fingerprint density at radius 1 is 1.24 bits per heavy atom. The molecule has 116 valence electrons. The Balaban J connectivity index is 1.97. The van der Waals surface area contributed by atoms with Crippen molar-refractivity contribution in [3.8, 4) is 0 Å². The summed E-state index contributed by atoms with van der Waals surface area (Å²) in [7, 11) is 1.79. The lowest BCUT2D eigenvalue weighted by Gasteiger charge is -2.28. The van der Waals surface area contributed by atoms with Gasteiger partial charge >= 0.3 is 5.97 Å². The van der Waals surface area contributed by atoms with E-state index in [1.165, 1.54) is 5.56 Å². The van der Waals surface area contributed by atoms with Gasteiger partial charge < -0.3 is 15.2 Å². The fraction of sp³-hybridized carbons (Fsp3) is 0.588. The number of hydrogen-bond donors (Lipinski definition) is 1. The molecule has 1 aromatic rings. The summed E-state index contributed by atoms with van der Waals surface area (Å²) < 4.78 is 10.4. The van der Waals surface area contributed by atoms with Gasteiger partial charge in [-0.15, -0.1) is 0 Å². The number of benzene rings is 1. The highest BCUT2D eigenvalue weighted by Crippen LogP contribution is 2.34. The number of carbonyl (C=O) groups is 1. The standard InChI is InChI=1S/C17H25NO3/c1-3-21-17(19)16(18)14-6-4-12(5-7-14)13-8-10-15(20-2)11-9-13/h4-7,13,15-16H,3,8-11,18H2,1-2H3. The normalized spacial score (nSPS) is 23.6. The molecule has 4 heteroatoms. The first-order valence-electron chi connectivity index (χ1n) is 7.70. The van der Waals surface area contributed by atoms with Crippen LogP contribution in [0.1, 0.15) is 55.7 Å². The van der Waals surface area contributed by atoms with Gasteiger partial charge in [0.2, 0.25) is 0 Å². The first-order chi connectivity index (χ1) is 10.2. The van der Waals surface area contributed by atoms with Crippen molar-refractivity contribution in [2.75, 3.05) is 13.7 Å². The van der Waals surface area contributed by atoms with E-state index in [9.17, 15) is 4.79 Å². The number of hydrogen-bond acceptors (Lipinski definition) is 4. The average molecular weight is 291 g/mol. The van der Waals surface area contributed by atoms with E-state index >= 15 is 0 Å². The molecule has 0 amide bonds. The SMILES string of the molecule is CCOC(=O)C(N)c1ccc(C2CCC(OC)CC2)cc1. The molecule has 2 N–H and O–H groups in total. The molecule has 1 aromatic carbocycles. The number of esters is 1. The molecule has 1 fully saturated rings. The maximum Gasteiger partial charge on any atom is 0.327 e. The van der Waals surface area contributed by atoms with Crippen molar-refractivity contribution >= 4 is 5.97 Å². The molecular weight excluding hydrogens is 266 g/mol. The van der Waals surface area contributed by atoms with E-state index < -0.39 is 6.04 Å². The Kier molecular flexibility index (Phi) is 5.76. The number of methoxy groups -OCH3 is 1. The number of nitrogens with two attached hydrogens (primary N) is 1. The van der Waals surface area contributed by atoms with Gasteiger partial charge in [0.1, 0.15) is 6.04 Å². The highest BCUT2D eigenvalue weighted by molar-refractivity contribution is 5.77. The van der Waals surface area contributed by atoms with E-state index in [1.807, 2.05) is 12.1 Å². The summed E-state index contributed by atoms with van der Waals surface area (Å²) in [5, 5.41) is 0. The summed E-state index contributed by atoms with van der Waals surface area (Å²) in [6.45, 7) is 2.14. The Hall–Kier alpha value is -1.39. The zero-order chi connectivity index (χ0) is 15.2. The number of rotatable bonds is 5. The van der Waals surface area contributed by atoms with Crippen molar-refractivity contribution in [3.63, 3.8) is 0 Å². The van der Waals surface area contributed by atoms with Crippen molar-refractivity contribution in [3.05, 3.63) is 35.4 Å².